The molecule has 1 aromatic carbocycles. The SMILES string of the molecule is NCC(N)CC1=Cc2cc(F)ccc2CC1. The Morgan fingerprint density at radius 2 is 2.12 bits per heavy atom. The van der Waals surface area contributed by atoms with Crippen molar-refractivity contribution in [3.63, 3.8) is 0 Å². The second-order valence-corrected chi connectivity index (χ2v) is 4.35. The lowest BCUT2D eigenvalue weighted by Crippen LogP contribution is -2.30. The molecule has 0 bridgehead atoms. The van der Waals surface area contributed by atoms with E-state index in [-0.39, 0.29) is 11.9 Å². The molecule has 0 amide bonds. The second-order valence-electron chi connectivity index (χ2n) is 4.35. The summed E-state index contributed by atoms with van der Waals surface area (Å²) >= 11 is 0. The molecule has 0 radical (unpaired) electrons. The van der Waals surface area contributed by atoms with Gasteiger partial charge in [0.05, 0.1) is 0 Å². The fourth-order valence-corrected chi connectivity index (χ4v) is 2.10. The minimum Gasteiger partial charge on any atom is -0.329 e. The highest BCUT2D eigenvalue weighted by Gasteiger charge is 2.12. The fraction of sp³-hybridized carbons (Fsp3) is 0.385. The highest BCUT2D eigenvalue weighted by molar-refractivity contribution is 5.59. The van der Waals surface area contributed by atoms with Gasteiger partial charge in [0.15, 0.2) is 0 Å². The van der Waals surface area contributed by atoms with Crippen molar-refractivity contribution in [2.45, 2.75) is 25.3 Å². The van der Waals surface area contributed by atoms with Crippen LogP contribution < -0.4 is 11.5 Å². The molecule has 16 heavy (non-hydrogen) atoms. The Bertz CT molecular complexity index is 412. The lowest BCUT2D eigenvalue weighted by Gasteiger charge is -2.18. The van der Waals surface area contributed by atoms with E-state index >= 15 is 0 Å². The zero-order valence-corrected chi connectivity index (χ0v) is 9.25. The van der Waals surface area contributed by atoms with Gasteiger partial charge in [0.25, 0.3) is 0 Å². The van der Waals surface area contributed by atoms with Gasteiger partial charge in [-0.3, -0.25) is 0 Å². The Kier molecular flexibility index (Phi) is 3.36. The molecule has 4 N–H and O–H groups in total. The zero-order valence-electron chi connectivity index (χ0n) is 9.25. The number of nitrogens with two attached hydrogens (primary N) is 2. The van der Waals surface area contributed by atoms with Crippen molar-refractivity contribution in [2.24, 2.45) is 11.5 Å². The molecule has 1 aliphatic rings. The van der Waals surface area contributed by atoms with Gasteiger partial charge in [0, 0.05) is 12.6 Å². The molecule has 0 aliphatic heterocycles. The number of fused-ring (bicyclic) bond motifs is 1. The number of benzene rings is 1. The van der Waals surface area contributed by atoms with Crippen molar-refractivity contribution in [2.75, 3.05) is 6.54 Å². The van der Waals surface area contributed by atoms with Crippen LogP contribution in [0.1, 0.15) is 24.0 Å². The van der Waals surface area contributed by atoms with Gasteiger partial charge in [0.1, 0.15) is 5.82 Å². The number of hydrogen-bond acceptors (Lipinski definition) is 2. The van der Waals surface area contributed by atoms with Gasteiger partial charge in [0.2, 0.25) is 0 Å². The predicted molar refractivity (Wildman–Crippen MR) is 64.3 cm³/mol. The van der Waals surface area contributed by atoms with E-state index in [4.69, 9.17) is 11.5 Å². The fourth-order valence-electron chi connectivity index (χ4n) is 2.10. The lowest BCUT2D eigenvalue weighted by molar-refractivity contribution is 0.625. The summed E-state index contributed by atoms with van der Waals surface area (Å²) in [4.78, 5) is 0. The summed E-state index contributed by atoms with van der Waals surface area (Å²) in [6.45, 7) is 0.493. The molecule has 0 spiro atoms. The van der Waals surface area contributed by atoms with Crippen molar-refractivity contribution in [1.29, 1.82) is 0 Å². The molecule has 0 heterocycles. The quantitative estimate of drug-likeness (QED) is 0.816. The molecule has 0 saturated heterocycles. The number of halogens is 1. The molecule has 2 nitrogen and oxygen atoms in total. The van der Waals surface area contributed by atoms with E-state index < -0.39 is 0 Å². The summed E-state index contributed by atoms with van der Waals surface area (Å²) in [5.74, 6) is -0.181. The smallest absolute Gasteiger partial charge is 0.123 e. The molecular weight excluding hydrogens is 203 g/mol. The Morgan fingerprint density at radius 3 is 2.88 bits per heavy atom. The van der Waals surface area contributed by atoms with Gasteiger partial charge in [-0.1, -0.05) is 17.7 Å². The summed E-state index contributed by atoms with van der Waals surface area (Å²) in [5.41, 5.74) is 14.8. The number of aryl methyl sites for hydroxylation is 1. The first kappa shape index (κ1) is 11.3. The van der Waals surface area contributed by atoms with Crippen molar-refractivity contribution in [3.8, 4) is 0 Å². The van der Waals surface area contributed by atoms with Gasteiger partial charge >= 0.3 is 0 Å². The van der Waals surface area contributed by atoms with Crippen LogP contribution in [0.5, 0.6) is 0 Å². The second kappa shape index (κ2) is 4.76. The van der Waals surface area contributed by atoms with E-state index in [2.05, 4.69) is 6.08 Å². The molecule has 2 rings (SSSR count). The van der Waals surface area contributed by atoms with Crippen molar-refractivity contribution >= 4 is 6.08 Å². The van der Waals surface area contributed by atoms with Gasteiger partial charge in [-0.25, -0.2) is 4.39 Å². The van der Waals surface area contributed by atoms with E-state index in [0.29, 0.717) is 6.54 Å². The molecular formula is C13H17FN2. The molecule has 1 aliphatic carbocycles. The first-order chi connectivity index (χ1) is 7.69. The van der Waals surface area contributed by atoms with E-state index in [9.17, 15) is 4.39 Å². The van der Waals surface area contributed by atoms with E-state index in [1.165, 1.54) is 17.2 Å². The van der Waals surface area contributed by atoms with Crippen LogP contribution in [0.3, 0.4) is 0 Å². The normalized spacial score (nSPS) is 16.6. The van der Waals surface area contributed by atoms with Gasteiger partial charge in [-0.15, -0.1) is 0 Å². The topological polar surface area (TPSA) is 52.0 Å². The van der Waals surface area contributed by atoms with Gasteiger partial charge in [-0.2, -0.15) is 0 Å². The van der Waals surface area contributed by atoms with Crippen LogP contribution >= 0.6 is 0 Å². The molecule has 1 atom stereocenters. The maximum absolute atomic E-state index is 13.1. The third kappa shape index (κ3) is 2.49. The Labute approximate surface area is 95.1 Å². The van der Waals surface area contributed by atoms with Crippen molar-refractivity contribution in [1.82, 2.24) is 0 Å². The minimum absolute atomic E-state index is 0.0151. The zero-order chi connectivity index (χ0) is 11.5. The van der Waals surface area contributed by atoms with Crippen LogP contribution in [0.2, 0.25) is 0 Å². The first-order valence-electron chi connectivity index (χ1n) is 5.62. The van der Waals surface area contributed by atoms with Crippen LogP contribution in [-0.4, -0.2) is 12.6 Å². The van der Waals surface area contributed by atoms with Crippen LogP contribution in [0.25, 0.3) is 6.08 Å². The highest BCUT2D eigenvalue weighted by Crippen LogP contribution is 2.26. The highest BCUT2D eigenvalue weighted by atomic mass is 19.1. The van der Waals surface area contributed by atoms with Crippen molar-refractivity contribution < 1.29 is 4.39 Å². The standard InChI is InChI=1S/C13H17FN2/c14-12-4-3-10-2-1-9(5-11(10)7-12)6-13(16)8-15/h3-5,7,13H,1-2,6,8,15-16H2. The van der Waals surface area contributed by atoms with E-state index in [1.54, 1.807) is 6.07 Å². The summed E-state index contributed by atoms with van der Waals surface area (Å²) in [6.07, 6.45) is 4.84. The molecule has 86 valence electrons. The molecule has 0 saturated carbocycles. The van der Waals surface area contributed by atoms with Crippen LogP contribution in [0.15, 0.2) is 23.8 Å². The summed E-state index contributed by atoms with van der Waals surface area (Å²) < 4.78 is 13.1. The number of hydrogen-bond donors (Lipinski definition) is 2. The first-order valence-corrected chi connectivity index (χ1v) is 5.62. The van der Waals surface area contributed by atoms with Gasteiger partial charge < -0.3 is 11.5 Å². The van der Waals surface area contributed by atoms with Crippen LogP contribution in [0.4, 0.5) is 4.39 Å². The van der Waals surface area contributed by atoms with Crippen LogP contribution in [0, 0.1) is 5.82 Å². The Balaban J connectivity index is 2.20. The Morgan fingerprint density at radius 1 is 1.31 bits per heavy atom. The summed E-state index contributed by atoms with van der Waals surface area (Å²) in [7, 11) is 0. The molecule has 0 aromatic heterocycles. The molecule has 3 heteroatoms. The maximum Gasteiger partial charge on any atom is 0.123 e. The predicted octanol–water partition coefficient (Wildman–Crippen LogP) is 1.83. The third-order valence-corrected chi connectivity index (χ3v) is 3.01. The van der Waals surface area contributed by atoms with E-state index in [0.717, 1.165) is 24.8 Å². The summed E-state index contributed by atoms with van der Waals surface area (Å²) in [5, 5.41) is 0. The molecule has 1 aromatic rings. The van der Waals surface area contributed by atoms with Gasteiger partial charge in [-0.05, 0) is 42.5 Å². The summed E-state index contributed by atoms with van der Waals surface area (Å²) in [6, 6.07) is 4.98. The van der Waals surface area contributed by atoms with E-state index in [1.807, 2.05) is 6.07 Å². The average molecular weight is 220 g/mol. The number of rotatable bonds is 3. The maximum atomic E-state index is 13.1. The van der Waals surface area contributed by atoms with Crippen molar-refractivity contribution in [3.05, 3.63) is 40.7 Å². The monoisotopic (exact) mass is 220 g/mol. The lowest BCUT2D eigenvalue weighted by atomic mass is 9.89. The van der Waals surface area contributed by atoms with Crippen LogP contribution in [-0.2, 0) is 6.42 Å². The minimum atomic E-state index is -0.181. The third-order valence-electron chi connectivity index (χ3n) is 3.01. The average Bonchev–Trinajstić information content (AvgIpc) is 2.28. The Hall–Kier alpha value is -1.19. The largest absolute Gasteiger partial charge is 0.329 e. The molecule has 0 fully saturated rings. The molecule has 1 unspecified atom stereocenters.